The molecule has 2 aliphatic rings. The van der Waals surface area contributed by atoms with Crippen LogP contribution in [-0.4, -0.2) is 18.0 Å². The second-order valence-corrected chi connectivity index (χ2v) is 7.66. The summed E-state index contributed by atoms with van der Waals surface area (Å²) in [6.07, 6.45) is 5.39. The number of carbonyl (C=O) groups excluding carboxylic acids is 1. The molecule has 2 aliphatic heterocycles. The van der Waals surface area contributed by atoms with Crippen molar-refractivity contribution in [1.82, 2.24) is 10.6 Å². The van der Waals surface area contributed by atoms with Crippen LogP contribution in [-0.2, 0) is 11.3 Å². The first-order valence-corrected chi connectivity index (χ1v) is 9.69. The molecule has 2 saturated heterocycles. The zero-order chi connectivity index (χ0) is 18.6. The third-order valence-electron chi connectivity index (χ3n) is 5.51. The first-order chi connectivity index (χ1) is 13.1. The Kier molecular flexibility index (Phi) is 5.39. The van der Waals surface area contributed by atoms with Gasteiger partial charge in [-0.1, -0.05) is 12.1 Å². The Hall–Kier alpha value is -2.40. The number of carbonyl (C=O) groups is 1. The highest BCUT2D eigenvalue weighted by Gasteiger charge is 2.34. The van der Waals surface area contributed by atoms with Gasteiger partial charge in [0.05, 0.1) is 0 Å². The Morgan fingerprint density at radius 1 is 1.00 bits per heavy atom. The first-order valence-electron chi connectivity index (χ1n) is 9.69. The normalized spacial score (nSPS) is 23.8. The van der Waals surface area contributed by atoms with Gasteiger partial charge in [0.2, 0.25) is 5.91 Å². The predicted octanol–water partition coefficient (Wildman–Crippen LogP) is 4.15. The number of rotatable bonds is 6. The summed E-state index contributed by atoms with van der Waals surface area (Å²) in [6, 6.07) is 14.7. The largest absolute Gasteiger partial charge is 0.457 e. The summed E-state index contributed by atoms with van der Waals surface area (Å²) >= 11 is 0. The molecule has 2 bridgehead atoms. The molecular formula is C22H25FN2O2. The van der Waals surface area contributed by atoms with E-state index in [9.17, 15) is 9.18 Å². The molecule has 2 N–H and O–H groups in total. The van der Waals surface area contributed by atoms with E-state index in [1.807, 2.05) is 24.3 Å². The lowest BCUT2D eigenvalue weighted by Crippen LogP contribution is -2.39. The summed E-state index contributed by atoms with van der Waals surface area (Å²) in [5.41, 5.74) is 1.03. The minimum Gasteiger partial charge on any atom is -0.457 e. The third-order valence-corrected chi connectivity index (χ3v) is 5.51. The molecule has 2 unspecified atom stereocenters. The molecule has 0 aliphatic carbocycles. The van der Waals surface area contributed by atoms with Gasteiger partial charge in [0.15, 0.2) is 0 Å². The number of amides is 1. The summed E-state index contributed by atoms with van der Waals surface area (Å²) in [4.78, 5) is 12.3. The SMILES string of the molecule is O=C(CC1CC2CCC(C1)N2)NCc1ccc(Oc2ccc(F)cc2)cc1. The molecule has 142 valence electrons. The molecule has 27 heavy (non-hydrogen) atoms. The molecule has 2 fully saturated rings. The van der Waals surface area contributed by atoms with Gasteiger partial charge in [-0.2, -0.15) is 0 Å². The van der Waals surface area contributed by atoms with Crippen molar-refractivity contribution in [3.63, 3.8) is 0 Å². The number of benzene rings is 2. The number of fused-ring (bicyclic) bond motifs is 2. The van der Waals surface area contributed by atoms with E-state index in [1.165, 1.54) is 25.0 Å². The molecule has 2 heterocycles. The monoisotopic (exact) mass is 368 g/mol. The van der Waals surface area contributed by atoms with Crippen molar-refractivity contribution >= 4 is 5.91 Å². The zero-order valence-electron chi connectivity index (χ0n) is 15.3. The van der Waals surface area contributed by atoms with Gasteiger partial charge in [0, 0.05) is 25.0 Å². The maximum atomic E-state index is 12.9. The van der Waals surface area contributed by atoms with Gasteiger partial charge in [0.25, 0.3) is 0 Å². The second kappa shape index (κ2) is 8.09. The molecule has 2 aromatic rings. The standard InChI is InChI=1S/C22H25FN2O2/c23-17-3-9-21(10-4-17)27-20-7-1-15(2-8-20)14-24-22(26)13-16-11-18-5-6-19(12-16)25-18/h1-4,7-10,16,18-19,25H,5-6,11-14H2,(H,24,26). The van der Waals surface area contributed by atoms with Crippen molar-refractivity contribution in [2.75, 3.05) is 0 Å². The maximum absolute atomic E-state index is 12.9. The van der Waals surface area contributed by atoms with Gasteiger partial charge in [-0.05, 0) is 73.6 Å². The fourth-order valence-corrected chi connectivity index (χ4v) is 4.19. The van der Waals surface area contributed by atoms with Crippen molar-refractivity contribution < 1.29 is 13.9 Å². The van der Waals surface area contributed by atoms with Crippen LogP contribution in [0.4, 0.5) is 4.39 Å². The van der Waals surface area contributed by atoms with E-state index < -0.39 is 0 Å². The Balaban J connectivity index is 1.23. The predicted molar refractivity (Wildman–Crippen MR) is 102 cm³/mol. The van der Waals surface area contributed by atoms with Gasteiger partial charge in [-0.3, -0.25) is 4.79 Å². The molecule has 0 spiro atoms. The number of halogens is 1. The summed E-state index contributed by atoms with van der Waals surface area (Å²) < 4.78 is 18.6. The quantitative estimate of drug-likeness (QED) is 0.805. The molecule has 0 radical (unpaired) electrons. The van der Waals surface area contributed by atoms with Crippen LogP contribution in [0, 0.1) is 11.7 Å². The molecule has 4 nitrogen and oxygen atoms in total. The Morgan fingerprint density at radius 3 is 2.22 bits per heavy atom. The van der Waals surface area contributed by atoms with E-state index in [0.717, 1.165) is 18.4 Å². The topological polar surface area (TPSA) is 50.4 Å². The van der Waals surface area contributed by atoms with E-state index in [1.54, 1.807) is 12.1 Å². The highest BCUT2D eigenvalue weighted by molar-refractivity contribution is 5.76. The molecule has 4 rings (SSSR count). The Labute approximate surface area is 159 Å². The fraction of sp³-hybridized carbons (Fsp3) is 0.409. The summed E-state index contributed by atoms with van der Waals surface area (Å²) in [5, 5.41) is 6.64. The van der Waals surface area contributed by atoms with Gasteiger partial charge in [-0.15, -0.1) is 0 Å². The van der Waals surface area contributed by atoms with Gasteiger partial charge < -0.3 is 15.4 Å². The van der Waals surface area contributed by atoms with E-state index in [2.05, 4.69) is 10.6 Å². The minimum atomic E-state index is -0.286. The van der Waals surface area contributed by atoms with Crippen molar-refractivity contribution in [2.24, 2.45) is 5.92 Å². The molecule has 2 atom stereocenters. The lowest BCUT2D eigenvalue weighted by molar-refractivity contribution is -0.122. The lowest BCUT2D eigenvalue weighted by atomic mass is 9.89. The van der Waals surface area contributed by atoms with Crippen LogP contribution in [0.5, 0.6) is 11.5 Å². The van der Waals surface area contributed by atoms with E-state index in [-0.39, 0.29) is 11.7 Å². The summed E-state index contributed by atoms with van der Waals surface area (Å²) in [5.74, 6) is 1.63. The number of piperidine rings is 1. The number of hydrogen-bond donors (Lipinski definition) is 2. The fourth-order valence-electron chi connectivity index (χ4n) is 4.19. The van der Waals surface area contributed by atoms with Gasteiger partial charge in [0.1, 0.15) is 17.3 Å². The Morgan fingerprint density at radius 2 is 1.59 bits per heavy atom. The van der Waals surface area contributed by atoms with E-state index in [4.69, 9.17) is 4.74 Å². The summed E-state index contributed by atoms with van der Waals surface area (Å²) in [7, 11) is 0. The molecule has 5 heteroatoms. The molecule has 2 aromatic carbocycles. The highest BCUT2D eigenvalue weighted by atomic mass is 19.1. The Bertz CT molecular complexity index is 764. The van der Waals surface area contributed by atoms with Crippen LogP contribution in [0.1, 0.15) is 37.7 Å². The average molecular weight is 368 g/mol. The molecule has 1 amide bonds. The molecular weight excluding hydrogens is 343 g/mol. The van der Waals surface area contributed by atoms with Crippen molar-refractivity contribution in [1.29, 1.82) is 0 Å². The van der Waals surface area contributed by atoms with Crippen LogP contribution in [0.3, 0.4) is 0 Å². The third kappa shape index (κ3) is 4.86. The van der Waals surface area contributed by atoms with Crippen molar-refractivity contribution in [2.45, 2.75) is 50.7 Å². The number of nitrogens with one attached hydrogen (secondary N) is 2. The zero-order valence-corrected chi connectivity index (χ0v) is 15.3. The van der Waals surface area contributed by atoms with Crippen molar-refractivity contribution in [3.8, 4) is 11.5 Å². The highest BCUT2D eigenvalue weighted by Crippen LogP contribution is 2.32. The van der Waals surface area contributed by atoms with Crippen molar-refractivity contribution in [3.05, 3.63) is 59.9 Å². The second-order valence-electron chi connectivity index (χ2n) is 7.66. The first kappa shape index (κ1) is 18.0. The summed E-state index contributed by atoms with van der Waals surface area (Å²) in [6.45, 7) is 0.521. The lowest BCUT2D eigenvalue weighted by Gasteiger charge is -2.28. The average Bonchev–Trinajstić information content (AvgIpc) is 3.01. The number of ether oxygens (including phenoxy) is 1. The maximum Gasteiger partial charge on any atom is 0.220 e. The number of hydrogen-bond acceptors (Lipinski definition) is 3. The smallest absolute Gasteiger partial charge is 0.220 e. The van der Waals surface area contributed by atoms with E-state index in [0.29, 0.717) is 42.5 Å². The van der Waals surface area contributed by atoms with Crippen LogP contribution in [0.25, 0.3) is 0 Å². The molecule has 0 aromatic heterocycles. The minimum absolute atomic E-state index is 0.132. The molecule has 0 saturated carbocycles. The van der Waals surface area contributed by atoms with Crippen LogP contribution in [0.15, 0.2) is 48.5 Å². The van der Waals surface area contributed by atoms with Crippen LogP contribution >= 0.6 is 0 Å². The van der Waals surface area contributed by atoms with Gasteiger partial charge >= 0.3 is 0 Å². The van der Waals surface area contributed by atoms with Crippen LogP contribution in [0.2, 0.25) is 0 Å². The van der Waals surface area contributed by atoms with E-state index >= 15 is 0 Å². The van der Waals surface area contributed by atoms with Crippen LogP contribution < -0.4 is 15.4 Å². The van der Waals surface area contributed by atoms with Gasteiger partial charge in [-0.25, -0.2) is 4.39 Å².